The summed E-state index contributed by atoms with van der Waals surface area (Å²) in [4.78, 5) is 14.6. The maximum Gasteiger partial charge on any atom is 0.255 e. The number of rotatable bonds is 3. The first-order valence-corrected chi connectivity index (χ1v) is 8.35. The van der Waals surface area contributed by atoms with Gasteiger partial charge in [-0.1, -0.05) is 53.5 Å². The fourth-order valence-corrected chi connectivity index (χ4v) is 3.68. The molecule has 1 amide bonds. The topological polar surface area (TPSA) is 46.3 Å². The number of nitrogens with zero attached hydrogens (tertiary/aromatic N) is 1. The van der Waals surface area contributed by atoms with Crippen LogP contribution in [0.3, 0.4) is 0 Å². The van der Waals surface area contributed by atoms with E-state index >= 15 is 0 Å². The molecule has 2 aromatic rings. The Kier molecular flexibility index (Phi) is 6.53. The van der Waals surface area contributed by atoms with Gasteiger partial charge in [-0.25, -0.2) is 0 Å². The molecule has 128 valence electrons. The SMILES string of the molecule is Cl.NC[C@@H]1CN(C(=O)c2ccc(Cl)cc2Cl)C[C@H]1c1ccccc1. The minimum Gasteiger partial charge on any atom is -0.338 e. The molecule has 1 aliphatic rings. The minimum atomic E-state index is -0.0662. The largest absolute Gasteiger partial charge is 0.338 e. The molecule has 2 N–H and O–H groups in total. The maximum atomic E-state index is 12.8. The number of carbonyl (C=O) groups excluding carboxylic acids is 1. The van der Waals surface area contributed by atoms with Crippen molar-refractivity contribution in [3.63, 3.8) is 0 Å². The normalized spacial score (nSPS) is 19.9. The lowest BCUT2D eigenvalue weighted by atomic mass is 9.89. The molecule has 0 aliphatic carbocycles. The van der Waals surface area contributed by atoms with Crippen LogP contribution in [0.25, 0.3) is 0 Å². The molecule has 0 saturated carbocycles. The summed E-state index contributed by atoms with van der Waals surface area (Å²) >= 11 is 12.1. The van der Waals surface area contributed by atoms with E-state index in [9.17, 15) is 4.79 Å². The molecule has 1 fully saturated rings. The number of hydrogen-bond donors (Lipinski definition) is 1. The summed E-state index contributed by atoms with van der Waals surface area (Å²) in [5.41, 5.74) is 7.64. The van der Waals surface area contributed by atoms with Crippen molar-refractivity contribution in [1.82, 2.24) is 4.90 Å². The van der Waals surface area contributed by atoms with E-state index in [2.05, 4.69) is 12.1 Å². The van der Waals surface area contributed by atoms with E-state index in [0.29, 0.717) is 35.2 Å². The summed E-state index contributed by atoms with van der Waals surface area (Å²) in [6.07, 6.45) is 0. The molecule has 1 heterocycles. The lowest BCUT2D eigenvalue weighted by Gasteiger charge is -2.17. The standard InChI is InChI=1S/C18H18Cl2N2O.ClH/c19-14-6-7-15(17(20)8-14)18(23)22-10-13(9-21)16(11-22)12-4-2-1-3-5-12;/h1-8,13,16H,9-11,21H2;1H/t13-,16+;/m1./s1. The van der Waals surface area contributed by atoms with Crippen LogP contribution in [0.1, 0.15) is 21.8 Å². The Bertz CT molecular complexity index is 709. The summed E-state index contributed by atoms with van der Waals surface area (Å²) < 4.78 is 0. The molecule has 0 unspecified atom stereocenters. The van der Waals surface area contributed by atoms with Crippen molar-refractivity contribution in [2.45, 2.75) is 5.92 Å². The zero-order chi connectivity index (χ0) is 16.4. The lowest BCUT2D eigenvalue weighted by Crippen LogP contribution is -2.30. The summed E-state index contributed by atoms with van der Waals surface area (Å²) in [6, 6.07) is 15.2. The third-order valence-electron chi connectivity index (χ3n) is 4.42. The predicted molar refractivity (Wildman–Crippen MR) is 101 cm³/mol. The van der Waals surface area contributed by atoms with Crippen molar-refractivity contribution in [2.24, 2.45) is 11.7 Å². The Labute approximate surface area is 158 Å². The van der Waals surface area contributed by atoms with E-state index in [1.54, 1.807) is 18.2 Å². The van der Waals surface area contributed by atoms with Gasteiger partial charge in [-0.3, -0.25) is 4.79 Å². The Morgan fingerprint density at radius 1 is 1.12 bits per heavy atom. The maximum absolute atomic E-state index is 12.8. The Morgan fingerprint density at radius 2 is 1.83 bits per heavy atom. The lowest BCUT2D eigenvalue weighted by molar-refractivity contribution is 0.0786. The Balaban J connectivity index is 0.00000208. The molecule has 3 nitrogen and oxygen atoms in total. The summed E-state index contributed by atoms with van der Waals surface area (Å²) in [5, 5.41) is 0.907. The van der Waals surface area contributed by atoms with E-state index in [1.165, 1.54) is 5.56 Å². The zero-order valence-electron chi connectivity index (χ0n) is 13.0. The minimum absolute atomic E-state index is 0. The molecule has 0 spiro atoms. The van der Waals surface area contributed by atoms with Crippen molar-refractivity contribution < 1.29 is 4.79 Å². The van der Waals surface area contributed by atoms with Crippen LogP contribution in [-0.2, 0) is 0 Å². The number of carbonyl (C=O) groups is 1. The van der Waals surface area contributed by atoms with Gasteiger partial charge in [0.1, 0.15) is 0 Å². The molecule has 3 rings (SSSR count). The van der Waals surface area contributed by atoms with Gasteiger partial charge < -0.3 is 10.6 Å². The second-order valence-corrected chi connectivity index (χ2v) is 6.69. The van der Waals surface area contributed by atoms with Crippen molar-refractivity contribution in [3.05, 3.63) is 69.7 Å². The highest BCUT2D eigenvalue weighted by molar-refractivity contribution is 6.36. The molecule has 0 radical (unpaired) electrons. The first-order chi connectivity index (χ1) is 11.1. The van der Waals surface area contributed by atoms with Crippen molar-refractivity contribution in [1.29, 1.82) is 0 Å². The molecule has 1 saturated heterocycles. The highest BCUT2D eigenvalue weighted by Crippen LogP contribution is 2.33. The van der Waals surface area contributed by atoms with E-state index in [0.717, 1.165) is 0 Å². The van der Waals surface area contributed by atoms with E-state index in [1.807, 2.05) is 23.1 Å². The first-order valence-electron chi connectivity index (χ1n) is 7.59. The molecule has 0 bridgehead atoms. The number of likely N-dealkylation sites (tertiary alicyclic amines) is 1. The van der Waals surface area contributed by atoms with Gasteiger partial charge in [-0.2, -0.15) is 0 Å². The monoisotopic (exact) mass is 384 g/mol. The van der Waals surface area contributed by atoms with Gasteiger partial charge in [0.2, 0.25) is 0 Å². The fourth-order valence-electron chi connectivity index (χ4n) is 3.19. The second-order valence-electron chi connectivity index (χ2n) is 5.85. The highest BCUT2D eigenvalue weighted by atomic mass is 35.5. The van der Waals surface area contributed by atoms with Crippen LogP contribution in [0.15, 0.2) is 48.5 Å². The van der Waals surface area contributed by atoms with Crippen LogP contribution in [0.5, 0.6) is 0 Å². The number of benzene rings is 2. The van der Waals surface area contributed by atoms with Crippen LogP contribution < -0.4 is 5.73 Å². The number of amides is 1. The average Bonchev–Trinajstić information content (AvgIpc) is 2.99. The molecule has 1 aliphatic heterocycles. The molecule has 2 atom stereocenters. The van der Waals surface area contributed by atoms with Crippen molar-refractivity contribution in [3.8, 4) is 0 Å². The Hall–Kier alpha value is -1.26. The highest BCUT2D eigenvalue weighted by Gasteiger charge is 2.36. The third-order valence-corrected chi connectivity index (χ3v) is 4.97. The van der Waals surface area contributed by atoms with Gasteiger partial charge in [0.05, 0.1) is 10.6 Å². The van der Waals surface area contributed by atoms with Gasteiger partial charge in [0.25, 0.3) is 5.91 Å². The summed E-state index contributed by atoms with van der Waals surface area (Å²) in [7, 11) is 0. The summed E-state index contributed by atoms with van der Waals surface area (Å²) in [6.45, 7) is 1.86. The van der Waals surface area contributed by atoms with Crippen LogP contribution in [0.2, 0.25) is 10.0 Å². The van der Waals surface area contributed by atoms with Crippen molar-refractivity contribution >= 4 is 41.5 Å². The van der Waals surface area contributed by atoms with Crippen LogP contribution in [0.4, 0.5) is 0 Å². The van der Waals surface area contributed by atoms with Gasteiger partial charge in [0.15, 0.2) is 0 Å². The third kappa shape index (κ3) is 3.86. The molecule has 24 heavy (non-hydrogen) atoms. The quantitative estimate of drug-likeness (QED) is 0.859. The number of hydrogen-bond acceptors (Lipinski definition) is 2. The zero-order valence-corrected chi connectivity index (χ0v) is 15.3. The molecule has 2 aromatic carbocycles. The van der Waals surface area contributed by atoms with Crippen LogP contribution >= 0.6 is 35.6 Å². The molecule has 0 aromatic heterocycles. The smallest absolute Gasteiger partial charge is 0.255 e. The predicted octanol–water partition coefficient (Wildman–Crippen LogP) is 4.23. The average molecular weight is 386 g/mol. The van der Waals surface area contributed by atoms with Crippen molar-refractivity contribution in [2.75, 3.05) is 19.6 Å². The van der Waals surface area contributed by atoms with Crippen LogP contribution in [-0.4, -0.2) is 30.4 Å². The summed E-state index contributed by atoms with van der Waals surface area (Å²) in [5.74, 6) is 0.451. The first kappa shape index (κ1) is 19.1. The molecule has 6 heteroatoms. The van der Waals surface area contributed by atoms with Gasteiger partial charge >= 0.3 is 0 Å². The molecular formula is C18H19Cl3N2O. The van der Waals surface area contributed by atoms with E-state index in [4.69, 9.17) is 28.9 Å². The van der Waals surface area contributed by atoms with E-state index < -0.39 is 0 Å². The second kappa shape index (κ2) is 8.21. The number of nitrogens with two attached hydrogens (primary N) is 1. The Morgan fingerprint density at radius 3 is 2.46 bits per heavy atom. The number of halogens is 3. The van der Waals surface area contributed by atoms with Gasteiger partial charge in [-0.15, -0.1) is 12.4 Å². The molecular weight excluding hydrogens is 367 g/mol. The fraction of sp³-hybridized carbons (Fsp3) is 0.278. The van der Waals surface area contributed by atoms with Gasteiger partial charge in [-0.05, 0) is 36.2 Å². The van der Waals surface area contributed by atoms with E-state index in [-0.39, 0.29) is 30.2 Å². The van der Waals surface area contributed by atoms with Crippen LogP contribution in [0, 0.1) is 5.92 Å². The van der Waals surface area contributed by atoms with Gasteiger partial charge in [0, 0.05) is 24.0 Å².